The van der Waals surface area contributed by atoms with Crippen molar-refractivity contribution in [1.29, 1.82) is 0 Å². The second-order valence-electron chi connectivity index (χ2n) is 13.4. The first kappa shape index (κ1) is 26.4. The highest BCUT2D eigenvalue weighted by Crippen LogP contribution is 2.49. The summed E-state index contributed by atoms with van der Waals surface area (Å²) in [5, 5.41) is 5.09. The van der Waals surface area contributed by atoms with Gasteiger partial charge in [-0.2, -0.15) is 0 Å². The number of para-hydroxylation sites is 3. The highest BCUT2D eigenvalue weighted by molar-refractivity contribution is 6.26. The number of aromatic nitrogens is 2. The molecule has 0 unspecified atom stereocenters. The van der Waals surface area contributed by atoms with Crippen molar-refractivity contribution >= 4 is 43.6 Å². The molecule has 2 heterocycles. The van der Waals surface area contributed by atoms with Gasteiger partial charge in [-0.25, -0.2) is 0 Å². The Balaban J connectivity index is 1.18. The third-order valence-electron chi connectivity index (χ3n) is 10.5. The Kier molecular flexibility index (Phi) is 5.37. The molecule has 0 bridgehead atoms. The SMILES string of the molecule is CC1(C)c2ccccc2-c2cc(-c3ccc(-n4c5ccccc5c5c4ccc4c6ccccc6n(-c6ccccc6)c45)cc3)ccc21. The fraction of sp³-hybridized carbons (Fsp3) is 0.0667. The largest absolute Gasteiger partial charge is 0.309 e. The van der Waals surface area contributed by atoms with Crippen LogP contribution < -0.4 is 0 Å². The van der Waals surface area contributed by atoms with Crippen molar-refractivity contribution in [3.63, 3.8) is 0 Å². The molecular weight excluding hydrogens is 569 g/mol. The molecule has 2 aromatic heterocycles. The van der Waals surface area contributed by atoms with Gasteiger partial charge in [0.15, 0.2) is 0 Å². The van der Waals surface area contributed by atoms with Crippen LogP contribution >= 0.6 is 0 Å². The lowest BCUT2D eigenvalue weighted by atomic mass is 9.82. The molecule has 1 aliphatic carbocycles. The van der Waals surface area contributed by atoms with E-state index in [2.05, 4.69) is 181 Å². The molecule has 0 N–H and O–H groups in total. The average molecular weight is 601 g/mol. The molecule has 222 valence electrons. The number of rotatable bonds is 3. The van der Waals surface area contributed by atoms with Crippen molar-refractivity contribution in [2.75, 3.05) is 0 Å². The third kappa shape index (κ3) is 3.61. The van der Waals surface area contributed by atoms with Gasteiger partial charge in [-0.15, -0.1) is 0 Å². The molecule has 47 heavy (non-hydrogen) atoms. The lowest BCUT2D eigenvalue weighted by molar-refractivity contribution is 0.660. The number of fused-ring (bicyclic) bond motifs is 10. The number of nitrogens with zero attached hydrogens (tertiary/aromatic N) is 2. The molecule has 0 fully saturated rings. The molecule has 9 aromatic rings. The summed E-state index contributed by atoms with van der Waals surface area (Å²) in [6.07, 6.45) is 0. The van der Waals surface area contributed by atoms with E-state index >= 15 is 0 Å². The highest BCUT2D eigenvalue weighted by atomic mass is 15.0. The Labute approximate surface area is 273 Å². The summed E-state index contributed by atoms with van der Waals surface area (Å²) in [5.41, 5.74) is 15.3. The van der Waals surface area contributed by atoms with Crippen molar-refractivity contribution in [2.24, 2.45) is 0 Å². The Morgan fingerprint density at radius 1 is 0.404 bits per heavy atom. The lowest BCUT2D eigenvalue weighted by Gasteiger charge is -2.21. The molecule has 0 radical (unpaired) electrons. The monoisotopic (exact) mass is 600 g/mol. The second kappa shape index (κ2) is 9.57. The summed E-state index contributed by atoms with van der Waals surface area (Å²) in [4.78, 5) is 0. The molecule has 0 spiro atoms. The minimum atomic E-state index is 0.0164. The molecule has 10 rings (SSSR count). The quantitative estimate of drug-likeness (QED) is 0.191. The first-order chi connectivity index (χ1) is 23.1. The predicted molar refractivity (Wildman–Crippen MR) is 198 cm³/mol. The van der Waals surface area contributed by atoms with Crippen LogP contribution in [0.5, 0.6) is 0 Å². The van der Waals surface area contributed by atoms with E-state index < -0.39 is 0 Å². The van der Waals surface area contributed by atoms with Gasteiger partial charge in [0.1, 0.15) is 0 Å². The van der Waals surface area contributed by atoms with Gasteiger partial charge in [0.05, 0.1) is 22.1 Å². The van der Waals surface area contributed by atoms with E-state index in [9.17, 15) is 0 Å². The summed E-state index contributed by atoms with van der Waals surface area (Å²) in [7, 11) is 0. The smallest absolute Gasteiger partial charge is 0.0641 e. The molecular formula is C45H32N2. The van der Waals surface area contributed by atoms with E-state index in [0.717, 1.165) is 5.69 Å². The third-order valence-corrected chi connectivity index (χ3v) is 10.5. The van der Waals surface area contributed by atoms with Crippen LogP contribution in [0.4, 0.5) is 0 Å². The Morgan fingerprint density at radius 2 is 1.02 bits per heavy atom. The summed E-state index contributed by atoms with van der Waals surface area (Å²) in [6, 6.07) is 58.0. The normalized spacial score (nSPS) is 13.5. The molecule has 2 nitrogen and oxygen atoms in total. The van der Waals surface area contributed by atoms with Crippen LogP contribution in [-0.4, -0.2) is 9.13 Å². The summed E-state index contributed by atoms with van der Waals surface area (Å²) >= 11 is 0. The van der Waals surface area contributed by atoms with Crippen LogP contribution in [-0.2, 0) is 5.41 Å². The molecule has 0 amide bonds. The van der Waals surface area contributed by atoms with Crippen molar-refractivity contribution in [3.8, 4) is 33.6 Å². The fourth-order valence-electron chi connectivity index (χ4n) is 8.33. The molecule has 2 heteroatoms. The van der Waals surface area contributed by atoms with Gasteiger partial charge in [-0.05, 0) is 81.9 Å². The lowest BCUT2D eigenvalue weighted by Crippen LogP contribution is -2.14. The van der Waals surface area contributed by atoms with Gasteiger partial charge in [0.25, 0.3) is 0 Å². The van der Waals surface area contributed by atoms with Crippen LogP contribution in [0.3, 0.4) is 0 Å². The Bertz CT molecular complexity index is 2680. The second-order valence-corrected chi connectivity index (χ2v) is 13.4. The highest BCUT2D eigenvalue weighted by Gasteiger charge is 2.35. The summed E-state index contributed by atoms with van der Waals surface area (Å²) in [6.45, 7) is 4.68. The van der Waals surface area contributed by atoms with Crippen LogP contribution in [0.2, 0.25) is 0 Å². The van der Waals surface area contributed by atoms with Crippen molar-refractivity contribution in [1.82, 2.24) is 9.13 Å². The van der Waals surface area contributed by atoms with Gasteiger partial charge >= 0.3 is 0 Å². The number of benzene rings is 7. The number of hydrogen-bond donors (Lipinski definition) is 0. The minimum Gasteiger partial charge on any atom is -0.309 e. The van der Waals surface area contributed by atoms with E-state index in [1.54, 1.807) is 0 Å². The van der Waals surface area contributed by atoms with Gasteiger partial charge in [0.2, 0.25) is 0 Å². The zero-order valence-corrected chi connectivity index (χ0v) is 26.4. The summed E-state index contributed by atoms with van der Waals surface area (Å²) < 4.78 is 4.88. The average Bonchev–Trinajstić information content (AvgIpc) is 3.72. The zero-order chi connectivity index (χ0) is 31.3. The van der Waals surface area contributed by atoms with Crippen LogP contribution in [0.1, 0.15) is 25.0 Å². The van der Waals surface area contributed by atoms with E-state index in [1.165, 1.54) is 82.7 Å². The van der Waals surface area contributed by atoms with E-state index in [1.807, 2.05) is 0 Å². The van der Waals surface area contributed by atoms with E-state index in [4.69, 9.17) is 0 Å². The summed E-state index contributed by atoms with van der Waals surface area (Å²) in [5.74, 6) is 0. The van der Waals surface area contributed by atoms with Crippen molar-refractivity contribution < 1.29 is 0 Å². The van der Waals surface area contributed by atoms with Crippen molar-refractivity contribution in [3.05, 3.63) is 169 Å². The molecule has 0 atom stereocenters. The zero-order valence-electron chi connectivity index (χ0n) is 26.4. The molecule has 0 saturated heterocycles. The molecule has 7 aromatic carbocycles. The maximum Gasteiger partial charge on any atom is 0.0641 e. The van der Waals surface area contributed by atoms with Gasteiger partial charge in [0, 0.05) is 38.3 Å². The van der Waals surface area contributed by atoms with Crippen molar-refractivity contribution in [2.45, 2.75) is 19.3 Å². The van der Waals surface area contributed by atoms with Crippen LogP contribution in [0.15, 0.2) is 158 Å². The molecule has 1 aliphatic rings. The van der Waals surface area contributed by atoms with Gasteiger partial charge in [-0.1, -0.05) is 123 Å². The topological polar surface area (TPSA) is 9.86 Å². The maximum atomic E-state index is 2.44. The standard InChI is InChI=1S/C45H32N2/c1-45(2)38-17-9-6-14-33(38)37-28-30(22-26-39(37)45)29-20-23-32(24-21-29)46-41-19-11-8-16-36(41)43-42(46)27-25-35-34-15-7-10-18-40(34)47(44(35)43)31-12-4-3-5-13-31/h3-28H,1-2H3. The Morgan fingerprint density at radius 3 is 1.83 bits per heavy atom. The van der Waals surface area contributed by atoms with Crippen LogP contribution in [0, 0.1) is 0 Å². The number of hydrogen-bond acceptors (Lipinski definition) is 0. The van der Waals surface area contributed by atoms with Gasteiger partial charge < -0.3 is 9.13 Å². The first-order valence-corrected chi connectivity index (χ1v) is 16.5. The van der Waals surface area contributed by atoms with Gasteiger partial charge in [-0.3, -0.25) is 0 Å². The van der Waals surface area contributed by atoms with Crippen LogP contribution in [0.25, 0.3) is 77.2 Å². The predicted octanol–water partition coefficient (Wildman–Crippen LogP) is 11.9. The minimum absolute atomic E-state index is 0.0164. The first-order valence-electron chi connectivity index (χ1n) is 16.5. The Hall–Kier alpha value is -5.86. The van der Waals surface area contributed by atoms with E-state index in [-0.39, 0.29) is 5.41 Å². The molecule has 0 aliphatic heterocycles. The molecule has 0 saturated carbocycles. The maximum absolute atomic E-state index is 2.44. The fourth-order valence-corrected chi connectivity index (χ4v) is 8.33. The van der Waals surface area contributed by atoms with E-state index in [0.29, 0.717) is 0 Å².